The summed E-state index contributed by atoms with van der Waals surface area (Å²) in [6.45, 7) is 16.9. The molecule has 1 saturated heterocycles. The molecule has 1 amide bonds. The molecule has 3 nitrogen and oxygen atoms in total. The number of rotatable bonds is 4. The summed E-state index contributed by atoms with van der Waals surface area (Å²) in [6, 6.07) is 0. The van der Waals surface area contributed by atoms with Crippen LogP contribution in [0.15, 0.2) is 0 Å². The molecule has 1 unspecified atom stereocenters. The summed E-state index contributed by atoms with van der Waals surface area (Å²) in [5.41, 5.74) is 0.274. The first kappa shape index (κ1) is 16.5. The molecule has 1 N–H and O–H groups in total. The molecule has 1 aliphatic rings. The summed E-state index contributed by atoms with van der Waals surface area (Å²) in [4.78, 5) is 14.9. The third-order valence-electron chi connectivity index (χ3n) is 4.49. The van der Waals surface area contributed by atoms with E-state index in [1.54, 1.807) is 0 Å². The number of hydrogen-bond acceptors (Lipinski definition) is 2. The average Bonchev–Trinajstić information content (AvgIpc) is 2.35. The molecule has 1 aliphatic heterocycles. The maximum absolute atomic E-state index is 12.8. The van der Waals surface area contributed by atoms with Gasteiger partial charge in [-0.05, 0) is 17.3 Å². The minimum absolute atomic E-state index is 0.0361. The molecule has 0 aromatic carbocycles. The van der Waals surface area contributed by atoms with Gasteiger partial charge in [0.25, 0.3) is 0 Å². The van der Waals surface area contributed by atoms with E-state index in [0.29, 0.717) is 5.91 Å². The van der Waals surface area contributed by atoms with E-state index >= 15 is 0 Å². The number of amides is 1. The van der Waals surface area contributed by atoms with Gasteiger partial charge in [0, 0.05) is 32.1 Å². The van der Waals surface area contributed by atoms with Crippen molar-refractivity contribution in [3.63, 3.8) is 0 Å². The molecule has 0 saturated carbocycles. The number of nitrogens with zero attached hydrogens (tertiary/aromatic N) is 1. The molecule has 0 aromatic heterocycles. The first-order valence-electron chi connectivity index (χ1n) is 7.67. The zero-order valence-electron chi connectivity index (χ0n) is 13.7. The van der Waals surface area contributed by atoms with E-state index < -0.39 is 0 Å². The normalized spacial score (nSPS) is 19.4. The number of hydrogen-bond donors (Lipinski definition) is 1. The second-order valence-electron chi connectivity index (χ2n) is 7.72. The van der Waals surface area contributed by atoms with Gasteiger partial charge in [-0.3, -0.25) is 4.79 Å². The molecule has 1 rings (SSSR count). The molecule has 3 heteroatoms. The van der Waals surface area contributed by atoms with Gasteiger partial charge in [-0.25, -0.2) is 0 Å². The van der Waals surface area contributed by atoms with Crippen molar-refractivity contribution in [2.75, 3.05) is 26.2 Å². The average molecular weight is 268 g/mol. The van der Waals surface area contributed by atoms with Crippen LogP contribution in [-0.4, -0.2) is 37.0 Å². The molecule has 1 fully saturated rings. The van der Waals surface area contributed by atoms with Crippen LogP contribution in [0.3, 0.4) is 0 Å². The van der Waals surface area contributed by atoms with Crippen LogP contribution >= 0.6 is 0 Å². The summed E-state index contributed by atoms with van der Waals surface area (Å²) in [5, 5.41) is 3.31. The van der Waals surface area contributed by atoms with Crippen LogP contribution in [0, 0.1) is 16.7 Å². The Morgan fingerprint density at radius 3 is 2.11 bits per heavy atom. The number of carbonyl (C=O) groups excluding carboxylic acids is 1. The highest BCUT2D eigenvalue weighted by Crippen LogP contribution is 2.39. The molecule has 112 valence electrons. The van der Waals surface area contributed by atoms with E-state index in [-0.39, 0.29) is 16.7 Å². The van der Waals surface area contributed by atoms with Gasteiger partial charge in [-0.2, -0.15) is 0 Å². The lowest BCUT2D eigenvalue weighted by atomic mass is 9.70. The van der Waals surface area contributed by atoms with Crippen LogP contribution in [0.2, 0.25) is 0 Å². The first-order valence-corrected chi connectivity index (χ1v) is 7.67. The number of carbonyl (C=O) groups is 1. The third kappa shape index (κ3) is 4.79. The Labute approximate surface area is 119 Å². The van der Waals surface area contributed by atoms with E-state index in [9.17, 15) is 4.79 Å². The maximum Gasteiger partial charge on any atom is 0.226 e. The van der Waals surface area contributed by atoms with Gasteiger partial charge >= 0.3 is 0 Å². The smallest absolute Gasteiger partial charge is 0.226 e. The van der Waals surface area contributed by atoms with E-state index in [1.807, 2.05) is 0 Å². The standard InChI is InChI=1S/C16H32N2O/c1-7-16(5,6)12-13(15(2,3)4)14(19)18-10-8-17-9-11-18/h13,17H,7-12H2,1-6H3. The highest BCUT2D eigenvalue weighted by atomic mass is 16.2. The Bertz CT molecular complexity index is 298. The summed E-state index contributed by atoms with van der Waals surface area (Å²) in [7, 11) is 0. The maximum atomic E-state index is 12.8. The second kappa shape index (κ2) is 6.25. The lowest BCUT2D eigenvalue weighted by Gasteiger charge is -2.40. The van der Waals surface area contributed by atoms with Gasteiger partial charge in [-0.15, -0.1) is 0 Å². The van der Waals surface area contributed by atoms with Crippen molar-refractivity contribution in [3.05, 3.63) is 0 Å². The molecular weight excluding hydrogens is 236 g/mol. The van der Waals surface area contributed by atoms with Crippen molar-refractivity contribution < 1.29 is 4.79 Å². The zero-order valence-corrected chi connectivity index (χ0v) is 13.7. The Morgan fingerprint density at radius 1 is 1.16 bits per heavy atom. The van der Waals surface area contributed by atoms with Gasteiger partial charge in [-0.1, -0.05) is 48.0 Å². The van der Waals surface area contributed by atoms with Crippen LogP contribution in [0.5, 0.6) is 0 Å². The third-order valence-corrected chi connectivity index (χ3v) is 4.49. The Kier molecular flexibility index (Phi) is 5.43. The molecule has 0 aromatic rings. The quantitative estimate of drug-likeness (QED) is 0.850. The van der Waals surface area contributed by atoms with Crippen LogP contribution in [0.4, 0.5) is 0 Å². The van der Waals surface area contributed by atoms with Crippen LogP contribution in [0.1, 0.15) is 54.4 Å². The highest BCUT2D eigenvalue weighted by molar-refractivity contribution is 5.79. The highest BCUT2D eigenvalue weighted by Gasteiger charge is 2.37. The zero-order chi connectivity index (χ0) is 14.7. The minimum atomic E-state index is 0.0361. The first-order chi connectivity index (χ1) is 8.67. The number of nitrogens with one attached hydrogen (secondary N) is 1. The second-order valence-corrected chi connectivity index (χ2v) is 7.72. The van der Waals surface area contributed by atoms with Crippen LogP contribution < -0.4 is 5.32 Å². The van der Waals surface area contributed by atoms with Gasteiger partial charge < -0.3 is 10.2 Å². The van der Waals surface area contributed by atoms with Crippen LogP contribution in [-0.2, 0) is 4.79 Å². The predicted octanol–water partition coefficient (Wildman–Crippen LogP) is 2.91. The van der Waals surface area contributed by atoms with Gasteiger partial charge in [0.05, 0.1) is 0 Å². The van der Waals surface area contributed by atoms with Crippen molar-refractivity contribution in [3.8, 4) is 0 Å². The fourth-order valence-corrected chi connectivity index (χ4v) is 2.57. The summed E-state index contributed by atoms with van der Waals surface area (Å²) < 4.78 is 0. The SMILES string of the molecule is CCC(C)(C)CC(C(=O)N1CCNCC1)C(C)(C)C. The van der Waals surface area contributed by atoms with Crippen molar-refractivity contribution >= 4 is 5.91 Å². The van der Waals surface area contributed by atoms with Crippen molar-refractivity contribution in [1.82, 2.24) is 10.2 Å². The fourth-order valence-electron chi connectivity index (χ4n) is 2.57. The Morgan fingerprint density at radius 2 is 1.68 bits per heavy atom. The van der Waals surface area contributed by atoms with Crippen molar-refractivity contribution in [2.24, 2.45) is 16.7 Å². The molecular formula is C16H32N2O. The predicted molar refractivity (Wildman–Crippen MR) is 81.1 cm³/mol. The minimum Gasteiger partial charge on any atom is -0.340 e. The topological polar surface area (TPSA) is 32.3 Å². The lowest BCUT2D eigenvalue weighted by Crippen LogP contribution is -2.51. The van der Waals surface area contributed by atoms with Gasteiger partial charge in [0.1, 0.15) is 0 Å². The Hall–Kier alpha value is -0.570. The van der Waals surface area contributed by atoms with E-state index in [2.05, 4.69) is 51.8 Å². The molecule has 1 atom stereocenters. The van der Waals surface area contributed by atoms with Crippen molar-refractivity contribution in [2.45, 2.75) is 54.4 Å². The fraction of sp³-hybridized carbons (Fsp3) is 0.938. The number of piperazine rings is 1. The molecule has 19 heavy (non-hydrogen) atoms. The molecule has 0 bridgehead atoms. The summed E-state index contributed by atoms with van der Waals surface area (Å²) in [5.74, 6) is 0.482. The molecule has 0 spiro atoms. The van der Waals surface area contributed by atoms with Gasteiger partial charge in [0.15, 0.2) is 0 Å². The summed E-state index contributed by atoms with van der Waals surface area (Å²) in [6.07, 6.45) is 2.10. The van der Waals surface area contributed by atoms with Gasteiger partial charge in [0.2, 0.25) is 5.91 Å². The van der Waals surface area contributed by atoms with Crippen molar-refractivity contribution in [1.29, 1.82) is 0 Å². The van der Waals surface area contributed by atoms with E-state index in [4.69, 9.17) is 0 Å². The van der Waals surface area contributed by atoms with E-state index in [1.165, 1.54) is 0 Å². The van der Waals surface area contributed by atoms with Crippen LogP contribution in [0.25, 0.3) is 0 Å². The lowest BCUT2D eigenvalue weighted by molar-refractivity contribution is -0.141. The monoisotopic (exact) mass is 268 g/mol. The Balaban J connectivity index is 2.81. The summed E-state index contributed by atoms with van der Waals surface area (Å²) >= 11 is 0. The molecule has 0 radical (unpaired) electrons. The van der Waals surface area contributed by atoms with E-state index in [0.717, 1.165) is 39.0 Å². The molecule has 1 heterocycles. The largest absolute Gasteiger partial charge is 0.340 e. The molecule has 0 aliphatic carbocycles.